The number of rotatable bonds is 3. The van der Waals surface area contributed by atoms with Gasteiger partial charge in [0.25, 0.3) is 0 Å². The van der Waals surface area contributed by atoms with Crippen molar-refractivity contribution in [1.29, 1.82) is 5.41 Å². The van der Waals surface area contributed by atoms with Crippen molar-refractivity contribution in [3.63, 3.8) is 0 Å². The van der Waals surface area contributed by atoms with Gasteiger partial charge >= 0.3 is 0 Å². The van der Waals surface area contributed by atoms with Gasteiger partial charge in [-0.25, -0.2) is 0 Å². The van der Waals surface area contributed by atoms with Crippen LogP contribution in [0, 0.1) is 5.41 Å². The lowest BCUT2D eigenvalue weighted by atomic mass is 10.1. The second-order valence-electron chi connectivity index (χ2n) is 5.26. The maximum Gasteiger partial charge on any atom is 0.0920 e. The molecule has 0 spiro atoms. The highest BCUT2D eigenvalue weighted by molar-refractivity contribution is 5.77. The van der Waals surface area contributed by atoms with Gasteiger partial charge < -0.3 is 5.73 Å². The molecule has 3 N–H and O–H groups in total. The molecule has 4 nitrogen and oxygen atoms in total. The number of fused-ring (bicyclic) bond motifs is 1. The zero-order valence-corrected chi connectivity index (χ0v) is 10.3. The Morgan fingerprint density at radius 2 is 2.12 bits per heavy atom. The Hall–Kier alpha value is -0.610. The summed E-state index contributed by atoms with van der Waals surface area (Å²) in [6.07, 6.45) is 4.69. The fraction of sp³-hybridized carbons (Fsp3) is 0.917. The van der Waals surface area contributed by atoms with E-state index in [1.165, 1.54) is 45.4 Å². The van der Waals surface area contributed by atoms with Gasteiger partial charge in [0, 0.05) is 25.0 Å². The summed E-state index contributed by atoms with van der Waals surface area (Å²) in [7, 11) is 0. The van der Waals surface area contributed by atoms with E-state index in [1.54, 1.807) is 0 Å². The summed E-state index contributed by atoms with van der Waals surface area (Å²) in [5.74, 6) is 0.319. The molecule has 0 aliphatic carbocycles. The Labute approximate surface area is 98.3 Å². The molecule has 0 radical (unpaired) electrons. The molecule has 0 amide bonds. The molecular weight excluding hydrogens is 200 g/mol. The number of hydrogen-bond acceptors (Lipinski definition) is 3. The quantitative estimate of drug-likeness (QED) is 0.552. The van der Waals surface area contributed by atoms with Gasteiger partial charge in [-0.3, -0.25) is 15.2 Å². The van der Waals surface area contributed by atoms with Crippen LogP contribution < -0.4 is 5.73 Å². The van der Waals surface area contributed by atoms with Gasteiger partial charge in [0.15, 0.2) is 0 Å². The highest BCUT2D eigenvalue weighted by Gasteiger charge is 2.30. The molecule has 2 atom stereocenters. The molecule has 16 heavy (non-hydrogen) atoms. The van der Waals surface area contributed by atoms with Crippen LogP contribution in [0.1, 0.15) is 32.6 Å². The predicted octanol–water partition coefficient (Wildman–Crippen LogP) is 0.871. The number of nitrogens with zero attached hydrogens (tertiary/aromatic N) is 2. The third kappa shape index (κ3) is 2.74. The topological polar surface area (TPSA) is 56.4 Å². The number of nitrogens with two attached hydrogens (primary N) is 1. The molecule has 2 aliphatic heterocycles. The molecule has 0 aromatic heterocycles. The van der Waals surface area contributed by atoms with Crippen LogP contribution >= 0.6 is 0 Å². The molecule has 4 heteroatoms. The molecule has 2 aliphatic rings. The largest absolute Gasteiger partial charge is 0.388 e. The van der Waals surface area contributed by atoms with E-state index < -0.39 is 0 Å². The monoisotopic (exact) mass is 224 g/mol. The smallest absolute Gasteiger partial charge is 0.0920 e. The van der Waals surface area contributed by atoms with E-state index in [-0.39, 0.29) is 0 Å². The summed E-state index contributed by atoms with van der Waals surface area (Å²) in [5, 5.41) is 7.39. The maximum atomic E-state index is 7.39. The summed E-state index contributed by atoms with van der Waals surface area (Å²) in [5.41, 5.74) is 5.49. The van der Waals surface area contributed by atoms with Gasteiger partial charge in [0.05, 0.1) is 5.84 Å². The van der Waals surface area contributed by atoms with Gasteiger partial charge in [-0.1, -0.05) is 0 Å². The third-order valence-corrected chi connectivity index (χ3v) is 3.97. The highest BCUT2D eigenvalue weighted by Crippen LogP contribution is 2.22. The molecule has 0 aromatic carbocycles. The van der Waals surface area contributed by atoms with Crippen LogP contribution in [0.4, 0.5) is 0 Å². The summed E-state index contributed by atoms with van der Waals surface area (Å²) < 4.78 is 0. The second-order valence-corrected chi connectivity index (χ2v) is 5.26. The van der Waals surface area contributed by atoms with Gasteiger partial charge in [-0.2, -0.15) is 0 Å². The SMILES string of the molecule is CC(CC(=N)N)N1CCCN2CCCC2C1. The predicted molar refractivity (Wildman–Crippen MR) is 66.8 cm³/mol. The summed E-state index contributed by atoms with van der Waals surface area (Å²) >= 11 is 0. The summed E-state index contributed by atoms with van der Waals surface area (Å²) in [6, 6.07) is 1.19. The van der Waals surface area contributed by atoms with Gasteiger partial charge in [-0.05, 0) is 45.8 Å². The molecular formula is C12H24N4. The van der Waals surface area contributed by atoms with Crippen LogP contribution in [0.3, 0.4) is 0 Å². The van der Waals surface area contributed by atoms with Crippen LogP contribution in [-0.4, -0.2) is 53.9 Å². The average molecular weight is 224 g/mol. The zero-order chi connectivity index (χ0) is 11.5. The zero-order valence-electron chi connectivity index (χ0n) is 10.3. The average Bonchev–Trinajstić information content (AvgIpc) is 2.54. The normalized spacial score (nSPS) is 29.7. The van der Waals surface area contributed by atoms with Crippen molar-refractivity contribution in [2.24, 2.45) is 5.73 Å². The highest BCUT2D eigenvalue weighted by atomic mass is 15.3. The molecule has 0 saturated carbocycles. The molecule has 2 rings (SSSR count). The first-order valence-electron chi connectivity index (χ1n) is 6.48. The van der Waals surface area contributed by atoms with Crippen LogP contribution in [0.2, 0.25) is 0 Å². The van der Waals surface area contributed by atoms with E-state index in [2.05, 4.69) is 16.7 Å². The number of amidine groups is 1. The first kappa shape index (κ1) is 11.9. The van der Waals surface area contributed by atoms with Crippen molar-refractivity contribution < 1.29 is 0 Å². The molecule has 0 aromatic rings. The van der Waals surface area contributed by atoms with E-state index in [0.29, 0.717) is 18.3 Å². The summed E-state index contributed by atoms with van der Waals surface area (Å²) in [4.78, 5) is 5.16. The number of hydrogen-bond donors (Lipinski definition) is 2. The molecule has 2 unspecified atom stereocenters. The van der Waals surface area contributed by atoms with Crippen molar-refractivity contribution in [1.82, 2.24) is 9.80 Å². The lowest BCUT2D eigenvalue weighted by Gasteiger charge is -2.30. The Bertz CT molecular complexity index is 253. The van der Waals surface area contributed by atoms with Crippen LogP contribution in [0.15, 0.2) is 0 Å². The van der Waals surface area contributed by atoms with Crippen LogP contribution in [0.5, 0.6) is 0 Å². The number of nitrogens with one attached hydrogen (secondary N) is 1. The van der Waals surface area contributed by atoms with E-state index in [0.717, 1.165) is 6.04 Å². The van der Waals surface area contributed by atoms with Gasteiger partial charge in [0.1, 0.15) is 0 Å². The van der Waals surface area contributed by atoms with Crippen molar-refractivity contribution in [3.8, 4) is 0 Å². The van der Waals surface area contributed by atoms with E-state index in [9.17, 15) is 0 Å². The maximum absolute atomic E-state index is 7.39. The molecule has 2 heterocycles. The Kier molecular flexibility index (Phi) is 3.82. The second kappa shape index (κ2) is 5.15. The molecule has 92 valence electrons. The third-order valence-electron chi connectivity index (χ3n) is 3.97. The first-order valence-corrected chi connectivity index (χ1v) is 6.48. The first-order chi connectivity index (χ1) is 7.66. The van der Waals surface area contributed by atoms with Crippen molar-refractivity contribution in [2.75, 3.05) is 26.2 Å². The molecule has 2 fully saturated rings. The standard InChI is InChI=1S/C12H24N4/c1-10(8-12(13)14)16-7-3-6-15-5-2-4-11(15)9-16/h10-11H,2-9H2,1H3,(H3,13,14). The van der Waals surface area contributed by atoms with Crippen molar-refractivity contribution in [2.45, 2.75) is 44.7 Å². The lowest BCUT2D eigenvalue weighted by molar-refractivity contribution is 0.184. The summed E-state index contributed by atoms with van der Waals surface area (Å²) in [6.45, 7) is 7.09. The molecule has 2 saturated heterocycles. The van der Waals surface area contributed by atoms with Gasteiger partial charge in [-0.15, -0.1) is 0 Å². The minimum atomic E-state index is 0.319. The minimum Gasteiger partial charge on any atom is -0.388 e. The van der Waals surface area contributed by atoms with Gasteiger partial charge in [0.2, 0.25) is 0 Å². The van der Waals surface area contributed by atoms with E-state index in [1.807, 2.05) is 0 Å². The fourth-order valence-electron chi connectivity index (χ4n) is 3.08. The fourth-order valence-corrected chi connectivity index (χ4v) is 3.08. The van der Waals surface area contributed by atoms with Crippen LogP contribution in [0.25, 0.3) is 0 Å². The lowest BCUT2D eigenvalue weighted by Crippen LogP contribution is -2.42. The van der Waals surface area contributed by atoms with Crippen LogP contribution in [-0.2, 0) is 0 Å². The Morgan fingerprint density at radius 3 is 2.88 bits per heavy atom. The Balaban J connectivity index is 1.92. The minimum absolute atomic E-state index is 0.319. The van der Waals surface area contributed by atoms with Crippen molar-refractivity contribution >= 4 is 5.84 Å². The van der Waals surface area contributed by atoms with E-state index >= 15 is 0 Å². The van der Waals surface area contributed by atoms with E-state index in [4.69, 9.17) is 11.1 Å². The van der Waals surface area contributed by atoms with Crippen molar-refractivity contribution in [3.05, 3.63) is 0 Å². The Morgan fingerprint density at radius 1 is 1.38 bits per heavy atom. The molecule has 0 bridgehead atoms.